The van der Waals surface area contributed by atoms with Crippen molar-refractivity contribution < 1.29 is 18.9 Å². The minimum absolute atomic E-state index is 0.00538. The van der Waals surface area contributed by atoms with Crippen LogP contribution in [-0.2, 0) is 16.1 Å². The summed E-state index contributed by atoms with van der Waals surface area (Å²) in [5.74, 6) is 1.45. The highest BCUT2D eigenvalue weighted by Crippen LogP contribution is 2.39. The second-order valence-electron chi connectivity index (χ2n) is 4.38. The molecule has 1 fully saturated rings. The molecule has 1 aromatic carbocycles. The number of ether oxygens (including phenoxy) is 4. The van der Waals surface area contributed by atoms with Crippen LogP contribution in [0.1, 0.15) is 17.2 Å². The first-order chi connectivity index (χ1) is 9.31. The zero-order chi connectivity index (χ0) is 13.7. The maximum absolute atomic E-state index is 5.78. The largest absolute Gasteiger partial charge is 0.492 e. The molecular formula is C14H21NO4. The molecule has 1 saturated heterocycles. The number of nitrogens with one attached hydrogen (secondary N) is 1. The van der Waals surface area contributed by atoms with Crippen LogP contribution in [0, 0.1) is 0 Å². The van der Waals surface area contributed by atoms with Gasteiger partial charge in [-0.1, -0.05) is 12.1 Å². The van der Waals surface area contributed by atoms with Gasteiger partial charge in [0.1, 0.15) is 0 Å². The van der Waals surface area contributed by atoms with Gasteiger partial charge < -0.3 is 24.3 Å². The van der Waals surface area contributed by atoms with Crippen molar-refractivity contribution in [3.63, 3.8) is 0 Å². The van der Waals surface area contributed by atoms with Gasteiger partial charge in [-0.15, -0.1) is 0 Å². The number of rotatable bonds is 5. The number of morpholine rings is 1. The van der Waals surface area contributed by atoms with Crippen LogP contribution < -0.4 is 14.8 Å². The number of benzene rings is 1. The quantitative estimate of drug-likeness (QED) is 0.876. The normalized spacial score (nSPS) is 19.2. The maximum atomic E-state index is 5.78. The molecule has 1 aliphatic heterocycles. The van der Waals surface area contributed by atoms with Gasteiger partial charge in [0.25, 0.3) is 0 Å². The van der Waals surface area contributed by atoms with Crippen molar-refractivity contribution in [3.05, 3.63) is 23.3 Å². The Balaban J connectivity index is 2.37. The molecule has 0 radical (unpaired) electrons. The fraction of sp³-hybridized carbons (Fsp3) is 0.571. The third kappa shape index (κ3) is 3.00. The zero-order valence-corrected chi connectivity index (χ0v) is 11.7. The average molecular weight is 267 g/mol. The molecular weight excluding hydrogens is 246 g/mol. The lowest BCUT2D eigenvalue weighted by atomic mass is 10.0. The first-order valence-corrected chi connectivity index (χ1v) is 6.36. The van der Waals surface area contributed by atoms with Crippen LogP contribution in [0.5, 0.6) is 11.5 Å². The Hall–Kier alpha value is -1.30. The van der Waals surface area contributed by atoms with E-state index in [1.54, 1.807) is 21.3 Å². The Kier molecular flexibility index (Phi) is 5.01. The van der Waals surface area contributed by atoms with Crippen LogP contribution in [0.3, 0.4) is 0 Å². The molecule has 2 rings (SSSR count). The van der Waals surface area contributed by atoms with Gasteiger partial charge in [-0.25, -0.2) is 0 Å². The van der Waals surface area contributed by atoms with Gasteiger partial charge in [0, 0.05) is 31.3 Å². The summed E-state index contributed by atoms with van der Waals surface area (Å²) in [6, 6.07) is 4.02. The van der Waals surface area contributed by atoms with Gasteiger partial charge in [0.05, 0.1) is 33.5 Å². The van der Waals surface area contributed by atoms with E-state index in [1.165, 1.54) is 0 Å². The van der Waals surface area contributed by atoms with Crippen LogP contribution in [-0.4, -0.2) is 41.0 Å². The van der Waals surface area contributed by atoms with Crippen molar-refractivity contribution in [3.8, 4) is 11.5 Å². The molecule has 106 valence electrons. The Morgan fingerprint density at radius 1 is 1.21 bits per heavy atom. The number of methoxy groups -OCH3 is 3. The number of hydrogen-bond donors (Lipinski definition) is 1. The van der Waals surface area contributed by atoms with E-state index >= 15 is 0 Å². The van der Waals surface area contributed by atoms with E-state index < -0.39 is 0 Å². The smallest absolute Gasteiger partial charge is 0.166 e. The second-order valence-corrected chi connectivity index (χ2v) is 4.38. The van der Waals surface area contributed by atoms with E-state index in [-0.39, 0.29) is 6.10 Å². The molecule has 0 spiro atoms. The summed E-state index contributed by atoms with van der Waals surface area (Å²) in [6.45, 7) is 2.86. The van der Waals surface area contributed by atoms with Crippen molar-refractivity contribution in [2.24, 2.45) is 0 Å². The van der Waals surface area contributed by atoms with Gasteiger partial charge in [0.15, 0.2) is 11.5 Å². The standard InChI is InChI=1S/C14H21NO4/c1-16-9-10-4-5-11(12-8-15-6-7-19-12)14(18-3)13(10)17-2/h4-5,12,15H,6-9H2,1-3H3. The van der Waals surface area contributed by atoms with Crippen LogP contribution in [0.15, 0.2) is 12.1 Å². The lowest BCUT2D eigenvalue weighted by Crippen LogP contribution is -2.33. The van der Waals surface area contributed by atoms with Crippen LogP contribution in [0.4, 0.5) is 0 Å². The highest BCUT2D eigenvalue weighted by molar-refractivity contribution is 5.53. The van der Waals surface area contributed by atoms with Crippen molar-refractivity contribution in [2.75, 3.05) is 41.0 Å². The fourth-order valence-corrected chi connectivity index (χ4v) is 2.34. The highest BCUT2D eigenvalue weighted by atomic mass is 16.5. The van der Waals surface area contributed by atoms with E-state index in [2.05, 4.69) is 5.32 Å². The SMILES string of the molecule is COCc1ccc(C2CNCCO2)c(OC)c1OC. The fourth-order valence-electron chi connectivity index (χ4n) is 2.34. The molecule has 5 nitrogen and oxygen atoms in total. The molecule has 1 heterocycles. The summed E-state index contributed by atoms with van der Waals surface area (Å²) in [5.41, 5.74) is 1.97. The molecule has 0 saturated carbocycles. The third-order valence-electron chi connectivity index (χ3n) is 3.21. The van der Waals surface area contributed by atoms with Gasteiger partial charge in [-0.05, 0) is 0 Å². The minimum Gasteiger partial charge on any atom is -0.492 e. The topological polar surface area (TPSA) is 49.0 Å². The molecule has 1 atom stereocenters. The summed E-state index contributed by atoms with van der Waals surface area (Å²) in [4.78, 5) is 0. The van der Waals surface area contributed by atoms with Gasteiger partial charge in [-0.2, -0.15) is 0 Å². The molecule has 0 bridgehead atoms. The first-order valence-electron chi connectivity index (χ1n) is 6.36. The molecule has 0 aliphatic carbocycles. The maximum Gasteiger partial charge on any atom is 0.166 e. The predicted octanol–water partition coefficient (Wildman–Crippen LogP) is 1.51. The summed E-state index contributed by atoms with van der Waals surface area (Å²) < 4.78 is 21.9. The molecule has 0 amide bonds. The Morgan fingerprint density at radius 3 is 2.58 bits per heavy atom. The van der Waals surface area contributed by atoms with Crippen LogP contribution >= 0.6 is 0 Å². The van der Waals surface area contributed by atoms with E-state index in [1.807, 2.05) is 12.1 Å². The van der Waals surface area contributed by atoms with Crippen molar-refractivity contribution in [1.82, 2.24) is 5.32 Å². The van der Waals surface area contributed by atoms with Crippen LogP contribution in [0.2, 0.25) is 0 Å². The molecule has 19 heavy (non-hydrogen) atoms. The third-order valence-corrected chi connectivity index (χ3v) is 3.21. The lowest BCUT2D eigenvalue weighted by molar-refractivity contribution is 0.0260. The highest BCUT2D eigenvalue weighted by Gasteiger charge is 2.23. The summed E-state index contributed by atoms with van der Waals surface area (Å²) >= 11 is 0. The van der Waals surface area contributed by atoms with E-state index in [4.69, 9.17) is 18.9 Å². The van der Waals surface area contributed by atoms with Gasteiger partial charge in [0.2, 0.25) is 0 Å². The second kappa shape index (κ2) is 6.75. The van der Waals surface area contributed by atoms with Gasteiger partial charge >= 0.3 is 0 Å². The monoisotopic (exact) mass is 267 g/mol. The van der Waals surface area contributed by atoms with Gasteiger partial charge in [-0.3, -0.25) is 0 Å². The summed E-state index contributed by atoms with van der Waals surface area (Å²) in [6.07, 6.45) is -0.00538. The molecule has 1 N–H and O–H groups in total. The average Bonchev–Trinajstić information content (AvgIpc) is 2.47. The summed E-state index contributed by atoms with van der Waals surface area (Å²) in [5, 5.41) is 3.32. The van der Waals surface area contributed by atoms with Crippen molar-refractivity contribution in [2.45, 2.75) is 12.7 Å². The first kappa shape index (κ1) is 14.1. The number of hydrogen-bond acceptors (Lipinski definition) is 5. The molecule has 1 aromatic rings. The Labute approximate surface area is 113 Å². The molecule has 1 aliphatic rings. The predicted molar refractivity (Wildman–Crippen MR) is 71.8 cm³/mol. The summed E-state index contributed by atoms with van der Waals surface area (Å²) in [7, 11) is 4.95. The Morgan fingerprint density at radius 2 is 2.00 bits per heavy atom. The van der Waals surface area contributed by atoms with E-state index in [9.17, 15) is 0 Å². The Bertz CT molecular complexity index is 416. The van der Waals surface area contributed by atoms with E-state index in [0.29, 0.717) is 13.2 Å². The lowest BCUT2D eigenvalue weighted by Gasteiger charge is -2.26. The van der Waals surface area contributed by atoms with Crippen LogP contribution in [0.25, 0.3) is 0 Å². The molecule has 1 unspecified atom stereocenters. The van der Waals surface area contributed by atoms with Crippen molar-refractivity contribution >= 4 is 0 Å². The zero-order valence-electron chi connectivity index (χ0n) is 11.7. The van der Waals surface area contributed by atoms with E-state index in [0.717, 1.165) is 35.7 Å². The molecule has 0 aromatic heterocycles. The van der Waals surface area contributed by atoms with Crippen molar-refractivity contribution in [1.29, 1.82) is 0 Å². The molecule has 5 heteroatoms. The minimum atomic E-state index is -0.00538.